The lowest BCUT2D eigenvalue weighted by atomic mass is 10.1. The quantitative estimate of drug-likeness (QED) is 0.888. The number of hydrogen-bond donors (Lipinski definition) is 1. The van der Waals surface area contributed by atoms with Crippen LogP contribution in [0.4, 0.5) is 0 Å². The van der Waals surface area contributed by atoms with E-state index in [0.29, 0.717) is 31.1 Å². The first-order valence-corrected chi connectivity index (χ1v) is 7.40. The smallest absolute Gasteiger partial charge is 0.335 e. The fourth-order valence-electron chi connectivity index (χ4n) is 2.64. The molecule has 0 saturated heterocycles. The van der Waals surface area contributed by atoms with Crippen molar-refractivity contribution < 1.29 is 24.1 Å². The van der Waals surface area contributed by atoms with Gasteiger partial charge < -0.3 is 19.3 Å². The number of rotatable bonds is 6. The number of ether oxygens (including phenoxy) is 3. The van der Waals surface area contributed by atoms with Gasteiger partial charge in [-0.2, -0.15) is 0 Å². The molecule has 1 atom stereocenters. The van der Waals surface area contributed by atoms with Crippen molar-refractivity contribution in [2.45, 2.75) is 19.1 Å². The van der Waals surface area contributed by atoms with E-state index in [2.05, 4.69) is 0 Å². The highest BCUT2D eigenvalue weighted by Gasteiger charge is 2.28. The molecule has 0 amide bonds. The summed E-state index contributed by atoms with van der Waals surface area (Å²) < 4.78 is 16.8. The van der Waals surface area contributed by atoms with E-state index in [0.717, 1.165) is 11.1 Å². The van der Waals surface area contributed by atoms with E-state index in [1.165, 1.54) is 0 Å². The van der Waals surface area contributed by atoms with Crippen molar-refractivity contribution in [1.82, 2.24) is 0 Å². The second-order valence-electron chi connectivity index (χ2n) is 5.43. The summed E-state index contributed by atoms with van der Waals surface area (Å²) in [6, 6.07) is 12.8. The van der Waals surface area contributed by atoms with Crippen LogP contribution in [0.5, 0.6) is 11.5 Å². The number of carboxylic acid groups (broad SMARTS) is 1. The lowest BCUT2D eigenvalue weighted by Crippen LogP contribution is -2.19. The van der Waals surface area contributed by atoms with Gasteiger partial charge in [0.05, 0.1) is 12.2 Å². The van der Waals surface area contributed by atoms with Crippen molar-refractivity contribution in [1.29, 1.82) is 0 Å². The number of carbonyl (C=O) groups is 1. The second kappa shape index (κ2) is 6.71. The molecule has 1 aliphatic heterocycles. The van der Waals surface area contributed by atoms with E-state index < -0.39 is 5.97 Å². The first kappa shape index (κ1) is 15.4. The molecule has 0 fully saturated rings. The fourth-order valence-corrected chi connectivity index (χ4v) is 2.64. The Morgan fingerprint density at radius 3 is 2.78 bits per heavy atom. The monoisotopic (exact) mass is 314 g/mol. The SMILES string of the molecule is COCC1Cc2c(OCc3ccccc3)cc(C(=O)O)cc2O1. The normalized spacial score (nSPS) is 15.8. The first-order chi connectivity index (χ1) is 11.2. The van der Waals surface area contributed by atoms with Gasteiger partial charge in [0.15, 0.2) is 0 Å². The molecule has 1 aliphatic rings. The van der Waals surface area contributed by atoms with Crippen LogP contribution in [0.25, 0.3) is 0 Å². The summed E-state index contributed by atoms with van der Waals surface area (Å²) in [5.74, 6) is 0.119. The number of aromatic carboxylic acids is 1. The topological polar surface area (TPSA) is 65.0 Å². The Hall–Kier alpha value is -2.53. The van der Waals surface area contributed by atoms with Gasteiger partial charge in [0, 0.05) is 19.1 Å². The van der Waals surface area contributed by atoms with Crippen LogP contribution in [0.3, 0.4) is 0 Å². The molecule has 0 saturated carbocycles. The van der Waals surface area contributed by atoms with Crippen molar-refractivity contribution in [2.75, 3.05) is 13.7 Å². The zero-order chi connectivity index (χ0) is 16.2. The number of fused-ring (bicyclic) bond motifs is 1. The zero-order valence-corrected chi connectivity index (χ0v) is 12.8. The molecular weight excluding hydrogens is 296 g/mol. The summed E-state index contributed by atoms with van der Waals surface area (Å²) in [5.41, 5.74) is 2.08. The number of carboxylic acids is 1. The maximum atomic E-state index is 11.3. The maximum Gasteiger partial charge on any atom is 0.335 e. The Bertz CT molecular complexity index is 696. The number of methoxy groups -OCH3 is 1. The van der Waals surface area contributed by atoms with Crippen molar-refractivity contribution in [3.8, 4) is 11.5 Å². The van der Waals surface area contributed by atoms with Crippen molar-refractivity contribution in [2.24, 2.45) is 0 Å². The third-order valence-electron chi connectivity index (χ3n) is 3.73. The van der Waals surface area contributed by atoms with Crippen LogP contribution < -0.4 is 9.47 Å². The highest BCUT2D eigenvalue weighted by molar-refractivity contribution is 5.89. The van der Waals surface area contributed by atoms with Crippen LogP contribution >= 0.6 is 0 Å². The summed E-state index contributed by atoms with van der Waals surface area (Å²) in [7, 11) is 1.61. The van der Waals surface area contributed by atoms with E-state index in [9.17, 15) is 9.90 Å². The van der Waals surface area contributed by atoms with Crippen molar-refractivity contribution in [3.05, 3.63) is 59.2 Å². The molecule has 1 N–H and O–H groups in total. The van der Waals surface area contributed by atoms with Gasteiger partial charge in [0.1, 0.15) is 24.2 Å². The van der Waals surface area contributed by atoms with E-state index in [-0.39, 0.29) is 11.7 Å². The van der Waals surface area contributed by atoms with Crippen molar-refractivity contribution >= 4 is 5.97 Å². The Balaban J connectivity index is 1.85. The molecule has 3 rings (SSSR count). The second-order valence-corrected chi connectivity index (χ2v) is 5.43. The van der Waals surface area contributed by atoms with E-state index in [4.69, 9.17) is 14.2 Å². The molecule has 0 bridgehead atoms. The number of hydrogen-bond acceptors (Lipinski definition) is 4. The largest absolute Gasteiger partial charge is 0.488 e. The molecule has 120 valence electrons. The fraction of sp³-hybridized carbons (Fsp3) is 0.278. The van der Waals surface area contributed by atoms with Gasteiger partial charge in [-0.05, 0) is 17.7 Å². The zero-order valence-electron chi connectivity index (χ0n) is 12.8. The summed E-state index contributed by atoms with van der Waals surface area (Å²) >= 11 is 0. The predicted molar refractivity (Wildman–Crippen MR) is 84.2 cm³/mol. The molecule has 0 aliphatic carbocycles. The summed E-state index contributed by atoms with van der Waals surface area (Å²) in [4.78, 5) is 11.3. The Labute approximate surface area is 134 Å². The van der Waals surface area contributed by atoms with Gasteiger partial charge in [0.25, 0.3) is 0 Å². The Kier molecular flexibility index (Phi) is 4.48. The van der Waals surface area contributed by atoms with Crippen LogP contribution in [0.1, 0.15) is 21.5 Å². The average molecular weight is 314 g/mol. The highest BCUT2D eigenvalue weighted by Crippen LogP contribution is 2.38. The standard InChI is InChI=1S/C18H18O5/c1-21-11-14-9-15-16(22-10-12-5-3-2-4-6-12)7-13(18(19)20)8-17(15)23-14/h2-8,14H,9-11H2,1H3,(H,19,20). The van der Waals surface area contributed by atoms with Gasteiger partial charge in [-0.1, -0.05) is 30.3 Å². The average Bonchev–Trinajstić information content (AvgIpc) is 2.96. The van der Waals surface area contributed by atoms with Crippen molar-refractivity contribution in [3.63, 3.8) is 0 Å². The van der Waals surface area contributed by atoms with Gasteiger partial charge in [0.2, 0.25) is 0 Å². The minimum atomic E-state index is -1.00. The minimum Gasteiger partial charge on any atom is -0.488 e. The lowest BCUT2D eigenvalue weighted by Gasteiger charge is -2.11. The van der Waals surface area contributed by atoms with Crippen LogP contribution in [-0.4, -0.2) is 30.9 Å². The van der Waals surface area contributed by atoms with Crippen LogP contribution in [-0.2, 0) is 17.8 Å². The molecule has 0 aromatic heterocycles. The predicted octanol–water partition coefficient (Wildman–Crippen LogP) is 2.91. The summed E-state index contributed by atoms with van der Waals surface area (Å²) in [6.45, 7) is 0.834. The summed E-state index contributed by atoms with van der Waals surface area (Å²) in [5, 5.41) is 9.26. The Morgan fingerprint density at radius 2 is 2.09 bits per heavy atom. The molecule has 1 heterocycles. The van der Waals surface area contributed by atoms with E-state index in [1.54, 1.807) is 19.2 Å². The molecule has 2 aromatic carbocycles. The molecule has 5 heteroatoms. The minimum absolute atomic E-state index is 0.113. The molecule has 5 nitrogen and oxygen atoms in total. The van der Waals surface area contributed by atoms with E-state index >= 15 is 0 Å². The van der Waals surface area contributed by atoms with Gasteiger partial charge in [-0.25, -0.2) is 4.79 Å². The molecule has 23 heavy (non-hydrogen) atoms. The molecule has 0 radical (unpaired) electrons. The van der Waals surface area contributed by atoms with Gasteiger partial charge in [-0.15, -0.1) is 0 Å². The first-order valence-electron chi connectivity index (χ1n) is 7.40. The third kappa shape index (κ3) is 3.46. The lowest BCUT2D eigenvalue weighted by molar-refractivity contribution is 0.0695. The molecule has 0 spiro atoms. The molecule has 1 unspecified atom stereocenters. The highest BCUT2D eigenvalue weighted by atomic mass is 16.5. The van der Waals surface area contributed by atoms with Gasteiger partial charge >= 0.3 is 5.97 Å². The van der Waals surface area contributed by atoms with Crippen LogP contribution in [0, 0.1) is 0 Å². The molecule has 2 aromatic rings. The van der Waals surface area contributed by atoms with E-state index in [1.807, 2.05) is 30.3 Å². The van der Waals surface area contributed by atoms with Crippen LogP contribution in [0.2, 0.25) is 0 Å². The third-order valence-corrected chi connectivity index (χ3v) is 3.73. The Morgan fingerprint density at radius 1 is 1.30 bits per heavy atom. The van der Waals surface area contributed by atoms with Crippen LogP contribution in [0.15, 0.2) is 42.5 Å². The maximum absolute atomic E-state index is 11.3. The number of benzene rings is 2. The summed E-state index contributed by atoms with van der Waals surface area (Å²) in [6.07, 6.45) is 0.533. The van der Waals surface area contributed by atoms with Gasteiger partial charge in [-0.3, -0.25) is 0 Å². The molecular formula is C18H18O5.